The molecule has 0 aliphatic carbocycles. The smallest absolute Gasteiger partial charge is 0.475 e. The highest BCUT2D eigenvalue weighted by Gasteiger charge is 2.39. The fraction of sp³-hybridized carbons (Fsp3) is 0.500. The van der Waals surface area contributed by atoms with E-state index in [0.29, 0.717) is 25.7 Å². The number of carboxylic acid groups (broad SMARTS) is 2. The fourth-order valence-electron chi connectivity index (χ4n) is 3.08. The molecule has 0 radical (unpaired) electrons. The zero-order chi connectivity index (χ0) is 35.8. The van der Waals surface area contributed by atoms with Gasteiger partial charge in [0.1, 0.15) is 12.1 Å². The van der Waals surface area contributed by atoms with E-state index >= 15 is 0 Å². The average molecular weight is 677 g/mol. The number of aliphatic carboxylic acids is 2. The van der Waals surface area contributed by atoms with E-state index in [9.17, 15) is 55.1 Å². The lowest BCUT2D eigenvalue weighted by molar-refractivity contribution is -0.193. The average Bonchev–Trinajstić information content (AvgIpc) is 3.45. The topological polar surface area (TPSA) is 260 Å². The molecule has 0 aromatic rings. The Balaban J connectivity index is 0.00000120. The molecule has 2 unspecified atom stereocenters. The minimum Gasteiger partial charge on any atom is -0.475 e. The molecule has 2 heterocycles. The van der Waals surface area contributed by atoms with Crippen molar-refractivity contribution < 1.29 is 74.9 Å². The van der Waals surface area contributed by atoms with Crippen LogP contribution in [0.1, 0.15) is 25.7 Å². The first-order chi connectivity index (χ1) is 21.1. The normalized spacial score (nSPS) is 15.5. The van der Waals surface area contributed by atoms with Crippen LogP contribution in [0.15, 0.2) is 24.3 Å². The second kappa shape index (κ2) is 18.8. The first-order valence-corrected chi connectivity index (χ1v) is 12.8. The Morgan fingerprint density at radius 3 is 1.07 bits per heavy atom. The molecule has 0 bridgehead atoms. The van der Waals surface area contributed by atoms with Crippen molar-refractivity contribution in [2.75, 3.05) is 26.2 Å². The lowest BCUT2D eigenvalue weighted by Crippen LogP contribution is -2.58. The number of carbonyl (C=O) groups excluding carboxylic acids is 6. The van der Waals surface area contributed by atoms with Crippen LogP contribution in [-0.2, 0) is 38.4 Å². The molecule has 2 aliphatic heterocycles. The molecule has 6 amide bonds. The summed E-state index contributed by atoms with van der Waals surface area (Å²) in [4.78, 5) is 89.9. The number of nitrogens with one attached hydrogen (secondary N) is 2. The number of amides is 6. The molecule has 0 aromatic heterocycles. The van der Waals surface area contributed by atoms with Crippen molar-refractivity contribution in [2.45, 2.75) is 50.1 Å². The predicted molar refractivity (Wildman–Crippen MR) is 140 cm³/mol. The predicted octanol–water partition coefficient (Wildman–Crippen LogP) is -1.45. The van der Waals surface area contributed by atoms with Crippen molar-refractivity contribution in [1.29, 1.82) is 0 Å². The van der Waals surface area contributed by atoms with E-state index in [2.05, 4.69) is 10.6 Å². The second-order valence-corrected chi connectivity index (χ2v) is 8.98. The van der Waals surface area contributed by atoms with Crippen molar-refractivity contribution >= 4 is 47.4 Å². The third-order valence-electron chi connectivity index (χ3n) is 5.49. The number of hydrogen-bond acceptors (Lipinski definition) is 10. The lowest BCUT2D eigenvalue weighted by Gasteiger charge is -2.19. The zero-order valence-corrected chi connectivity index (χ0v) is 23.6. The highest BCUT2D eigenvalue weighted by Crippen LogP contribution is 2.14. The van der Waals surface area contributed by atoms with E-state index in [4.69, 9.17) is 31.3 Å². The van der Waals surface area contributed by atoms with Gasteiger partial charge in [0, 0.05) is 50.5 Å². The molecule has 0 aromatic carbocycles. The molecule has 258 valence electrons. The number of imide groups is 2. The molecule has 2 rings (SSSR count). The SMILES string of the molecule is NC(C(=O)NCCCCN1C(=O)C=CC1=O)C(N)C(=O)NCCCCN1C(=O)C=CC1=O.O=C(O)C(F)(F)F.O=C(O)C(F)(F)F. The van der Waals surface area contributed by atoms with Crippen molar-refractivity contribution in [3.8, 4) is 0 Å². The minimum atomic E-state index is -5.08. The van der Waals surface area contributed by atoms with E-state index in [1.54, 1.807) is 0 Å². The van der Waals surface area contributed by atoms with E-state index < -0.39 is 48.2 Å². The van der Waals surface area contributed by atoms with Gasteiger partial charge < -0.3 is 32.3 Å². The molecule has 0 saturated carbocycles. The van der Waals surface area contributed by atoms with Crippen molar-refractivity contribution in [3.05, 3.63) is 24.3 Å². The van der Waals surface area contributed by atoms with Gasteiger partial charge >= 0.3 is 24.3 Å². The van der Waals surface area contributed by atoms with E-state index in [1.807, 2.05) is 0 Å². The van der Waals surface area contributed by atoms with Crippen molar-refractivity contribution in [2.24, 2.45) is 11.5 Å². The number of rotatable bonds is 13. The Morgan fingerprint density at radius 1 is 0.609 bits per heavy atom. The number of carboxylic acids is 2. The van der Waals surface area contributed by atoms with Crippen LogP contribution in [0, 0.1) is 0 Å². The van der Waals surface area contributed by atoms with Gasteiger partial charge in [-0.1, -0.05) is 0 Å². The maximum absolute atomic E-state index is 12.1. The summed E-state index contributed by atoms with van der Waals surface area (Å²) in [5.41, 5.74) is 11.5. The van der Waals surface area contributed by atoms with Crippen LogP contribution in [0.5, 0.6) is 0 Å². The Kier molecular flexibility index (Phi) is 16.8. The fourth-order valence-corrected chi connectivity index (χ4v) is 3.08. The molecule has 0 fully saturated rings. The summed E-state index contributed by atoms with van der Waals surface area (Å²) in [6.45, 7) is 1.02. The molecular formula is C24H30F6N6O10. The summed E-state index contributed by atoms with van der Waals surface area (Å²) in [6.07, 6.45) is -3.29. The molecule has 2 atom stereocenters. The number of unbranched alkanes of at least 4 members (excludes halogenated alkanes) is 2. The standard InChI is InChI=1S/C20H28N6O6.2C2HF3O2/c21-17(19(31)23-9-1-3-11-25-13(27)5-6-14(25)28)18(22)20(32)24-10-2-4-12-26-15(29)7-8-16(26)30;2*3-2(4,5)1(6)7/h5-8,17-18H,1-4,9-12,21-22H2,(H,23,31)(H,24,32);2*(H,6,7). The molecular weight excluding hydrogens is 646 g/mol. The summed E-state index contributed by atoms with van der Waals surface area (Å²) < 4.78 is 63.5. The monoisotopic (exact) mass is 676 g/mol. The molecule has 8 N–H and O–H groups in total. The van der Waals surface area contributed by atoms with Crippen molar-refractivity contribution in [3.63, 3.8) is 0 Å². The number of nitrogens with two attached hydrogens (primary N) is 2. The zero-order valence-electron chi connectivity index (χ0n) is 23.6. The van der Waals surface area contributed by atoms with Gasteiger partial charge in [-0.25, -0.2) is 9.59 Å². The Morgan fingerprint density at radius 2 is 0.848 bits per heavy atom. The number of halogens is 6. The Bertz CT molecular complexity index is 1090. The highest BCUT2D eigenvalue weighted by molar-refractivity contribution is 6.13. The first-order valence-electron chi connectivity index (χ1n) is 12.8. The number of nitrogens with zero attached hydrogens (tertiary/aromatic N) is 2. The van der Waals surface area contributed by atoms with Gasteiger partial charge in [-0.2, -0.15) is 26.3 Å². The number of alkyl halides is 6. The van der Waals surface area contributed by atoms with E-state index in [1.165, 1.54) is 24.3 Å². The maximum Gasteiger partial charge on any atom is 0.490 e. The van der Waals surface area contributed by atoms with Crippen LogP contribution in [0.2, 0.25) is 0 Å². The number of hydrogen-bond donors (Lipinski definition) is 6. The van der Waals surface area contributed by atoms with Crippen molar-refractivity contribution in [1.82, 2.24) is 20.4 Å². The van der Waals surface area contributed by atoms with Gasteiger partial charge in [-0.05, 0) is 25.7 Å². The van der Waals surface area contributed by atoms with Gasteiger partial charge in [0.25, 0.3) is 23.6 Å². The highest BCUT2D eigenvalue weighted by atomic mass is 19.4. The lowest BCUT2D eigenvalue weighted by atomic mass is 10.1. The van der Waals surface area contributed by atoms with Gasteiger partial charge in [0.05, 0.1) is 0 Å². The molecule has 46 heavy (non-hydrogen) atoms. The van der Waals surface area contributed by atoms with E-state index in [0.717, 1.165) is 9.80 Å². The largest absolute Gasteiger partial charge is 0.490 e. The van der Waals surface area contributed by atoms with Crippen LogP contribution < -0.4 is 22.1 Å². The summed E-state index contributed by atoms with van der Waals surface area (Å²) in [6, 6.07) is -2.49. The van der Waals surface area contributed by atoms with Crippen LogP contribution >= 0.6 is 0 Å². The molecule has 2 aliphatic rings. The second-order valence-electron chi connectivity index (χ2n) is 8.98. The number of carbonyl (C=O) groups is 8. The maximum atomic E-state index is 12.1. The van der Waals surface area contributed by atoms with E-state index in [-0.39, 0.29) is 49.8 Å². The van der Waals surface area contributed by atoms with Crippen LogP contribution in [0.3, 0.4) is 0 Å². The molecule has 0 saturated heterocycles. The summed E-state index contributed by atoms with van der Waals surface area (Å²) in [5.74, 6) is -8.09. The Hall–Kier alpha value is -4.86. The molecule has 22 heteroatoms. The van der Waals surface area contributed by atoms with Crippen LogP contribution in [0.4, 0.5) is 26.3 Å². The first kappa shape index (κ1) is 41.1. The van der Waals surface area contributed by atoms with Gasteiger partial charge in [-0.3, -0.25) is 38.6 Å². The third kappa shape index (κ3) is 15.2. The van der Waals surface area contributed by atoms with Crippen LogP contribution in [0.25, 0.3) is 0 Å². The minimum absolute atomic E-state index is 0.255. The van der Waals surface area contributed by atoms with Crippen LogP contribution in [-0.4, -0.2) is 118 Å². The molecule has 16 nitrogen and oxygen atoms in total. The third-order valence-corrected chi connectivity index (χ3v) is 5.49. The summed E-state index contributed by atoms with van der Waals surface area (Å²) >= 11 is 0. The van der Waals surface area contributed by atoms with Gasteiger partial charge in [-0.15, -0.1) is 0 Å². The summed E-state index contributed by atoms with van der Waals surface area (Å²) in [5, 5.41) is 19.4. The van der Waals surface area contributed by atoms with Gasteiger partial charge in [0.2, 0.25) is 11.8 Å². The Labute approximate surface area is 255 Å². The summed E-state index contributed by atoms with van der Waals surface area (Å²) in [7, 11) is 0. The van der Waals surface area contributed by atoms with Gasteiger partial charge in [0.15, 0.2) is 0 Å². The quantitative estimate of drug-likeness (QED) is 0.0744. The molecule has 0 spiro atoms.